The zero-order chi connectivity index (χ0) is 21.8. The maximum Gasteiger partial charge on any atom is 0.242 e. The highest BCUT2D eigenvalue weighted by atomic mass is 32.2. The fraction of sp³-hybridized carbons (Fsp3) is 0.583. The number of thioether (sulfide) groups is 1. The number of hydrogen-bond acceptors (Lipinski definition) is 4. The number of rotatable bonds is 6. The molecule has 0 unspecified atom stereocenters. The number of amides is 2. The lowest BCUT2D eigenvalue weighted by molar-refractivity contribution is -0.143. The van der Waals surface area contributed by atoms with Crippen molar-refractivity contribution in [3.63, 3.8) is 0 Å². The van der Waals surface area contributed by atoms with Crippen LogP contribution < -0.4 is 5.32 Å². The Labute approximate surface area is 188 Å². The molecule has 168 valence electrons. The van der Waals surface area contributed by atoms with E-state index in [0.29, 0.717) is 31.4 Å². The highest BCUT2D eigenvalue weighted by Crippen LogP contribution is 2.30. The first-order chi connectivity index (χ1) is 15.0. The van der Waals surface area contributed by atoms with Crippen molar-refractivity contribution < 1.29 is 14.3 Å². The lowest BCUT2D eigenvalue weighted by Gasteiger charge is -2.35. The molecule has 2 aliphatic rings. The summed E-state index contributed by atoms with van der Waals surface area (Å²) in [4.78, 5) is 28.4. The maximum absolute atomic E-state index is 13.0. The summed E-state index contributed by atoms with van der Waals surface area (Å²) in [5, 5.41) is 4.28. The number of nitrogens with one attached hydrogen (secondary N) is 1. The molecule has 2 fully saturated rings. The highest BCUT2D eigenvalue weighted by Gasteiger charge is 2.26. The summed E-state index contributed by atoms with van der Waals surface area (Å²) in [6, 6.07) is 8.44. The second-order valence-electron chi connectivity index (χ2n) is 8.89. The van der Waals surface area contributed by atoms with E-state index in [4.69, 9.17) is 4.74 Å². The van der Waals surface area contributed by atoms with Crippen molar-refractivity contribution in [1.29, 1.82) is 0 Å². The van der Waals surface area contributed by atoms with Gasteiger partial charge in [0.2, 0.25) is 11.8 Å². The van der Waals surface area contributed by atoms with Crippen molar-refractivity contribution in [2.24, 2.45) is 0 Å². The van der Waals surface area contributed by atoms with E-state index < -0.39 is 0 Å². The zero-order valence-electron chi connectivity index (χ0n) is 18.5. The van der Waals surface area contributed by atoms with E-state index in [9.17, 15) is 9.59 Å². The minimum Gasteiger partial charge on any atom is -0.372 e. The van der Waals surface area contributed by atoms with E-state index in [1.165, 1.54) is 19.3 Å². The molecule has 2 atom stereocenters. The smallest absolute Gasteiger partial charge is 0.242 e. The van der Waals surface area contributed by atoms with Crippen LogP contribution in [0.5, 0.6) is 0 Å². The predicted molar refractivity (Wildman–Crippen MR) is 124 cm³/mol. The minimum atomic E-state index is 0.0582. The van der Waals surface area contributed by atoms with Gasteiger partial charge in [-0.05, 0) is 32.8 Å². The van der Waals surface area contributed by atoms with E-state index in [1.54, 1.807) is 11.8 Å². The molecule has 2 heterocycles. The number of para-hydroxylation sites is 1. The Morgan fingerprint density at radius 2 is 1.81 bits per heavy atom. The number of fused-ring (bicyclic) bond motifs is 1. The van der Waals surface area contributed by atoms with E-state index in [-0.39, 0.29) is 24.0 Å². The number of aromatic nitrogens is 1. The van der Waals surface area contributed by atoms with Crippen LogP contribution in [-0.2, 0) is 20.9 Å². The van der Waals surface area contributed by atoms with E-state index in [2.05, 4.69) is 11.4 Å². The molecule has 1 aromatic carbocycles. The van der Waals surface area contributed by atoms with Gasteiger partial charge in [0.05, 0.1) is 18.0 Å². The summed E-state index contributed by atoms with van der Waals surface area (Å²) in [7, 11) is 0. The summed E-state index contributed by atoms with van der Waals surface area (Å²) >= 11 is 1.55. The minimum absolute atomic E-state index is 0.0582. The number of hydrogen-bond donors (Lipinski definition) is 1. The van der Waals surface area contributed by atoms with Crippen molar-refractivity contribution in [2.45, 2.75) is 75.6 Å². The molecule has 1 aromatic heterocycles. The average molecular weight is 444 g/mol. The third kappa shape index (κ3) is 5.63. The SMILES string of the molecule is C[C@@H]1CN(C(=O)Cn2cc(SCC(=O)NC3CCCCC3)c3ccccc32)C[C@@H](C)O1. The molecule has 2 aromatic rings. The predicted octanol–water partition coefficient (Wildman–Crippen LogP) is 3.82. The Kier molecular flexibility index (Phi) is 7.23. The Balaban J connectivity index is 1.42. The average Bonchev–Trinajstić information content (AvgIpc) is 3.10. The Morgan fingerprint density at radius 3 is 2.55 bits per heavy atom. The summed E-state index contributed by atoms with van der Waals surface area (Å²) in [5.74, 6) is 0.604. The van der Waals surface area contributed by atoms with E-state index in [0.717, 1.165) is 28.6 Å². The first kappa shape index (κ1) is 22.2. The lowest BCUT2D eigenvalue weighted by Crippen LogP contribution is -2.49. The maximum atomic E-state index is 13.0. The summed E-state index contributed by atoms with van der Waals surface area (Å²) in [5.41, 5.74) is 1.03. The van der Waals surface area contributed by atoms with Crippen LogP contribution in [-0.4, -0.2) is 58.4 Å². The second-order valence-corrected chi connectivity index (χ2v) is 9.90. The van der Waals surface area contributed by atoms with Gasteiger partial charge in [-0.15, -0.1) is 11.8 Å². The molecule has 0 bridgehead atoms. The van der Waals surface area contributed by atoms with Gasteiger partial charge in [0.15, 0.2) is 0 Å². The molecule has 1 saturated carbocycles. The molecule has 1 aliphatic heterocycles. The van der Waals surface area contributed by atoms with Gasteiger partial charge in [-0.25, -0.2) is 0 Å². The quantitative estimate of drug-likeness (QED) is 0.690. The van der Waals surface area contributed by atoms with Gasteiger partial charge in [0.25, 0.3) is 0 Å². The first-order valence-electron chi connectivity index (χ1n) is 11.4. The van der Waals surface area contributed by atoms with Crippen molar-refractivity contribution in [3.05, 3.63) is 30.5 Å². The molecule has 0 spiro atoms. The highest BCUT2D eigenvalue weighted by molar-refractivity contribution is 8.00. The largest absolute Gasteiger partial charge is 0.372 e. The second kappa shape index (κ2) is 10.1. The van der Waals surface area contributed by atoms with Crippen LogP contribution in [0, 0.1) is 0 Å². The molecule has 2 amide bonds. The van der Waals surface area contributed by atoms with Gasteiger partial charge in [0, 0.05) is 41.1 Å². The van der Waals surface area contributed by atoms with Gasteiger partial charge in [0.1, 0.15) is 6.54 Å². The monoisotopic (exact) mass is 443 g/mol. The molecular weight excluding hydrogens is 410 g/mol. The topological polar surface area (TPSA) is 63.6 Å². The Hall–Kier alpha value is -1.99. The number of morpholine rings is 1. The molecule has 1 saturated heterocycles. The number of carbonyl (C=O) groups is 2. The summed E-state index contributed by atoms with van der Waals surface area (Å²) in [6.45, 7) is 5.58. The molecule has 0 radical (unpaired) electrons. The van der Waals surface area contributed by atoms with Gasteiger partial charge < -0.3 is 19.5 Å². The molecular formula is C24H33N3O3S. The Bertz CT molecular complexity index is 912. The number of carbonyl (C=O) groups excluding carboxylic acids is 2. The van der Waals surface area contributed by atoms with Crippen LogP contribution in [0.2, 0.25) is 0 Å². The van der Waals surface area contributed by atoms with Crippen LogP contribution in [0.3, 0.4) is 0 Å². The van der Waals surface area contributed by atoms with Gasteiger partial charge >= 0.3 is 0 Å². The van der Waals surface area contributed by atoms with E-state index in [1.807, 2.05) is 47.7 Å². The normalized spacial score (nSPS) is 22.6. The van der Waals surface area contributed by atoms with Crippen LogP contribution in [0.25, 0.3) is 10.9 Å². The molecule has 1 N–H and O–H groups in total. The van der Waals surface area contributed by atoms with Crippen LogP contribution in [0.15, 0.2) is 35.4 Å². The molecule has 7 heteroatoms. The summed E-state index contributed by atoms with van der Waals surface area (Å²) in [6.07, 6.45) is 8.02. The fourth-order valence-electron chi connectivity index (χ4n) is 4.75. The third-order valence-electron chi connectivity index (χ3n) is 6.16. The zero-order valence-corrected chi connectivity index (χ0v) is 19.3. The standard InChI is InChI=1S/C24H33N3O3S/c1-17-12-27(13-18(2)30-17)24(29)15-26-14-22(20-10-6-7-11-21(20)26)31-16-23(28)25-19-8-4-3-5-9-19/h6-7,10-11,14,17-19H,3-5,8-9,12-13,15-16H2,1-2H3,(H,25,28)/t17-,18-/m1/s1. The molecule has 31 heavy (non-hydrogen) atoms. The van der Waals surface area contributed by atoms with Crippen LogP contribution in [0.4, 0.5) is 0 Å². The van der Waals surface area contributed by atoms with Gasteiger partial charge in [-0.3, -0.25) is 9.59 Å². The number of nitrogens with zero attached hydrogens (tertiary/aromatic N) is 2. The van der Waals surface area contributed by atoms with Crippen molar-refractivity contribution in [3.8, 4) is 0 Å². The number of ether oxygens (including phenoxy) is 1. The fourth-order valence-corrected chi connectivity index (χ4v) is 5.65. The number of benzene rings is 1. The third-order valence-corrected chi connectivity index (χ3v) is 7.20. The van der Waals surface area contributed by atoms with Crippen molar-refractivity contribution in [2.75, 3.05) is 18.8 Å². The molecule has 4 rings (SSSR count). The first-order valence-corrected chi connectivity index (χ1v) is 12.4. The molecule has 6 nitrogen and oxygen atoms in total. The van der Waals surface area contributed by atoms with Crippen LogP contribution in [0.1, 0.15) is 46.0 Å². The van der Waals surface area contributed by atoms with Gasteiger partial charge in [-0.2, -0.15) is 0 Å². The Morgan fingerprint density at radius 1 is 1.10 bits per heavy atom. The molecule has 1 aliphatic carbocycles. The summed E-state index contributed by atoms with van der Waals surface area (Å²) < 4.78 is 7.78. The van der Waals surface area contributed by atoms with Crippen molar-refractivity contribution in [1.82, 2.24) is 14.8 Å². The van der Waals surface area contributed by atoms with Crippen LogP contribution >= 0.6 is 11.8 Å². The van der Waals surface area contributed by atoms with Gasteiger partial charge in [-0.1, -0.05) is 37.5 Å². The van der Waals surface area contributed by atoms with Crippen molar-refractivity contribution >= 4 is 34.5 Å². The van der Waals surface area contributed by atoms with E-state index >= 15 is 0 Å². The lowest BCUT2D eigenvalue weighted by atomic mass is 9.95.